The van der Waals surface area contributed by atoms with E-state index in [2.05, 4.69) is 6.07 Å². The summed E-state index contributed by atoms with van der Waals surface area (Å²) >= 11 is 0. The molecule has 1 aliphatic carbocycles. The summed E-state index contributed by atoms with van der Waals surface area (Å²) in [6, 6.07) is 10.1. The van der Waals surface area contributed by atoms with Crippen molar-refractivity contribution < 1.29 is 28.3 Å². The zero-order chi connectivity index (χ0) is 26.2. The van der Waals surface area contributed by atoms with Crippen molar-refractivity contribution in [2.45, 2.75) is 39.2 Å². The van der Waals surface area contributed by atoms with Gasteiger partial charge in [0.05, 0.1) is 18.0 Å². The van der Waals surface area contributed by atoms with Crippen LogP contribution in [0.4, 0.5) is 10.1 Å². The molecule has 2 aromatic carbocycles. The maximum atomic E-state index is 13.7. The predicted octanol–water partition coefficient (Wildman–Crippen LogP) is 4.77. The van der Waals surface area contributed by atoms with Crippen molar-refractivity contribution >= 4 is 11.5 Å². The van der Waals surface area contributed by atoms with Crippen molar-refractivity contribution in [1.29, 1.82) is 5.26 Å². The van der Waals surface area contributed by atoms with Crippen LogP contribution in [-0.2, 0) is 16.1 Å². The smallest absolute Gasteiger partial charge is 0.311 e. The molecule has 0 radical (unpaired) electrons. The third-order valence-corrected chi connectivity index (χ3v) is 6.21. The van der Waals surface area contributed by atoms with E-state index in [1.165, 1.54) is 7.11 Å². The minimum Gasteiger partial charge on any atom is -0.496 e. The highest BCUT2D eigenvalue weighted by Gasteiger charge is 2.43. The molecule has 9 nitrogen and oxygen atoms in total. The van der Waals surface area contributed by atoms with Crippen LogP contribution in [0.5, 0.6) is 11.5 Å². The van der Waals surface area contributed by atoms with Gasteiger partial charge in [0.25, 0.3) is 0 Å². The third-order valence-electron chi connectivity index (χ3n) is 6.21. The van der Waals surface area contributed by atoms with Crippen LogP contribution >= 0.6 is 0 Å². The lowest BCUT2D eigenvalue weighted by Crippen LogP contribution is -2.33. The lowest BCUT2D eigenvalue weighted by atomic mass is 9.70. The number of carbonyl (C=O) groups is 1. The van der Waals surface area contributed by atoms with Gasteiger partial charge in [-0.05, 0) is 29.2 Å². The molecule has 2 N–H and O–H groups in total. The Bertz CT molecular complexity index is 1370. The standard InChI is InChI=1S/C26H24FN3O6/c1-26(2)10-19(31)24-22(11-26)36-25(29)17(12-28)23(24)14-4-7-20(34-3)15(8-14)13-35-21-9-16(27)5-6-18(21)30(32)33/h4-9,23H,10-11,13,29H2,1-3H3/t23-/m1/s1. The number of ether oxygens (including phenoxy) is 3. The van der Waals surface area contributed by atoms with E-state index >= 15 is 0 Å². The highest BCUT2D eigenvalue weighted by atomic mass is 19.1. The van der Waals surface area contributed by atoms with E-state index in [9.17, 15) is 24.6 Å². The molecule has 0 unspecified atom stereocenters. The Labute approximate surface area is 206 Å². The summed E-state index contributed by atoms with van der Waals surface area (Å²) in [6.07, 6.45) is 0.777. The molecular formula is C26H24FN3O6. The molecule has 2 aromatic rings. The average molecular weight is 493 g/mol. The molecule has 186 valence electrons. The van der Waals surface area contributed by atoms with Crippen LogP contribution in [0, 0.1) is 32.7 Å². The van der Waals surface area contributed by atoms with Crippen molar-refractivity contribution in [2.24, 2.45) is 11.1 Å². The fourth-order valence-corrected chi connectivity index (χ4v) is 4.62. The van der Waals surface area contributed by atoms with E-state index in [1.807, 2.05) is 13.8 Å². The lowest BCUT2D eigenvalue weighted by molar-refractivity contribution is -0.386. The Balaban J connectivity index is 1.76. The topological polar surface area (TPSA) is 138 Å². The van der Waals surface area contributed by atoms with Crippen molar-refractivity contribution in [1.82, 2.24) is 0 Å². The molecule has 1 atom stereocenters. The number of hydrogen-bond donors (Lipinski definition) is 1. The normalized spacial score (nSPS) is 18.8. The van der Waals surface area contributed by atoms with E-state index in [4.69, 9.17) is 19.9 Å². The summed E-state index contributed by atoms with van der Waals surface area (Å²) in [7, 11) is 1.45. The summed E-state index contributed by atoms with van der Waals surface area (Å²) < 4.78 is 30.5. The number of nitrogens with two attached hydrogens (primary N) is 1. The Morgan fingerprint density at radius 1 is 1.25 bits per heavy atom. The van der Waals surface area contributed by atoms with Crippen LogP contribution < -0.4 is 15.2 Å². The monoisotopic (exact) mass is 493 g/mol. The van der Waals surface area contributed by atoms with Gasteiger partial charge in [-0.15, -0.1) is 0 Å². The maximum Gasteiger partial charge on any atom is 0.311 e. The first kappa shape index (κ1) is 24.7. The zero-order valence-corrected chi connectivity index (χ0v) is 20.0. The number of hydrogen-bond acceptors (Lipinski definition) is 8. The maximum absolute atomic E-state index is 13.7. The number of methoxy groups -OCH3 is 1. The first-order chi connectivity index (χ1) is 17.0. The van der Waals surface area contributed by atoms with Gasteiger partial charge in [0.15, 0.2) is 11.5 Å². The van der Waals surface area contributed by atoms with Gasteiger partial charge >= 0.3 is 5.69 Å². The number of rotatable bonds is 6. The third kappa shape index (κ3) is 4.60. The number of allylic oxidation sites excluding steroid dienone is 3. The predicted molar refractivity (Wildman–Crippen MR) is 126 cm³/mol. The molecule has 0 spiro atoms. The van der Waals surface area contributed by atoms with Crippen LogP contribution in [0.3, 0.4) is 0 Å². The molecule has 0 saturated carbocycles. The second-order valence-electron chi connectivity index (χ2n) is 9.43. The molecule has 10 heteroatoms. The molecule has 0 fully saturated rings. The van der Waals surface area contributed by atoms with Crippen LogP contribution in [0.1, 0.15) is 43.7 Å². The molecule has 0 amide bonds. The number of nitriles is 1. The van der Waals surface area contributed by atoms with E-state index in [1.54, 1.807) is 18.2 Å². The van der Waals surface area contributed by atoms with Crippen LogP contribution in [-0.4, -0.2) is 17.8 Å². The number of ketones is 1. The number of nitro groups is 1. The van der Waals surface area contributed by atoms with Gasteiger partial charge in [-0.3, -0.25) is 14.9 Å². The van der Waals surface area contributed by atoms with E-state index in [-0.39, 0.29) is 40.7 Å². The van der Waals surface area contributed by atoms with Gasteiger partial charge < -0.3 is 19.9 Å². The first-order valence-electron chi connectivity index (χ1n) is 11.1. The molecule has 4 rings (SSSR count). The van der Waals surface area contributed by atoms with Crippen LogP contribution in [0.15, 0.2) is 59.2 Å². The highest BCUT2D eigenvalue weighted by molar-refractivity contribution is 6.00. The number of nitrogens with zero attached hydrogens (tertiary/aromatic N) is 2. The van der Waals surface area contributed by atoms with Crippen molar-refractivity contribution in [3.8, 4) is 17.6 Å². The Kier molecular flexibility index (Phi) is 6.41. The average Bonchev–Trinajstić information content (AvgIpc) is 2.80. The van der Waals surface area contributed by atoms with Gasteiger partial charge in [0.1, 0.15) is 35.6 Å². The molecule has 0 saturated heterocycles. The van der Waals surface area contributed by atoms with Crippen molar-refractivity contribution in [2.75, 3.05) is 7.11 Å². The fourth-order valence-electron chi connectivity index (χ4n) is 4.62. The van der Waals surface area contributed by atoms with E-state index in [0.29, 0.717) is 41.1 Å². The van der Waals surface area contributed by atoms with E-state index < -0.39 is 16.7 Å². The summed E-state index contributed by atoms with van der Waals surface area (Å²) in [5.41, 5.74) is 6.93. The highest BCUT2D eigenvalue weighted by Crippen LogP contribution is 2.48. The number of halogens is 1. The Morgan fingerprint density at radius 3 is 2.67 bits per heavy atom. The van der Waals surface area contributed by atoms with Gasteiger partial charge in [-0.25, -0.2) is 4.39 Å². The number of Topliss-reactive ketones (excluding diaryl/α,β-unsaturated/α-hetero) is 1. The summed E-state index contributed by atoms with van der Waals surface area (Å²) in [4.78, 5) is 23.8. The van der Waals surface area contributed by atoms with E-state index in [0.717, 1.165) is 18.2 Å². The molecule has 36 heavy (non-hydrogen) atoms. The van der Waals surface area contributed by atoms with Gasteiger partial charge in [-0.1, -0.05) is 19.9 Å². The van der Waals surface area contributed by atoms with Crippen LogP contribution in [0.25, 0.3) is 0 Å². The molecule has 2 aliphatic rings. The quantitative estimate of drug-likeness (QED) is 0.449. The molecule has 0 bridgehead atoms. The number of nitro benzene ring substituents is 1. The number of carbonyl (C=O) groups excluding carboxylic acids is 1. The zero-order valence-electron chi connectivity index (χ0n) is 20.0. The minimum atomic E-state index is -0.754. The largest absolute Gasteiger partial charge is 0.496 e. The molecule has 1 aliphatic heterocycles. The first-order valence-corrected chi connectivity index (χ1v) is 11.1. The van der Waals surface area contributed by atoms with Crippen molar-refractivity contribution in [3.05, 3.63) is 86.2 Å². The SMILES string of the molecule is COc1ccc([C@@H]2C(C#N)=C(N)OC3=C2C(=O)CC(C)(C)C3)cc1COc1cc(F)ccc1[N+](=O)[O-]. The van der Waals surface area contributed by atoms with Gasteiger partial charge in [0.2, 0.25) is 5.88 Å². The summed E-state index contributed by atoms with van der Waals surface area (Å²) in [5.74, 6) is -1.01. The summed E-state index contributed by atoms with van der Waals surface area (Å²) in [6.45, 7) is 3.72. The number of benzene rings is 2. The van der Waals surface area contributed by atoms with Gasteiger partial charge in [0, 0.05) is 36.1 Å². The lowest BCUT2D eigenvalue weighted by Gasteiger charge is -2.37. The second kappa shape index (κ2) is 9.34. The molecule has 1 heterocycles. The second-order valence-corrected chi connectivity index (χ2v) is 9.43. The molecule has 0 aromatic heterocycles. The van der Waals surface area contributed by atoms with Crippen LogP contribution in [0.2, 0.25) is 0 Å². The summed E-state index contributed by atoms with van der Waals surface area (Å²) in [5, 5.41) is 21.2. The van der Waals surface area contributed by atoms with Crippen molar-refractivity contribution in [3.63, 3.8) is 0 Å². The minimum absolute atomic E-state index is 0.0595. The Morgan fingerprint density at radius 2 is 2.00 bits per heavy atom. The van der Waals surface area contributed by atoms with Gasteiger partial charge in [-0.2, -0.15) is 5.26 Å². The molecular weight excluding hydrogens is 469 g/mol. The fraction of sp³-hybridized carbons (Fsp3) is 0.308. The Hall–Kier alpha value is -4.39.